The summed E-state index contributed by atoms with van der Waals surface area (Å²) in [6, 6.07) is 2.57. The van der Waals surface area contributed by atoms with Crippen LogP contribution in [0, 0.1) is 0 Å². The summed E-state index contributed by atoms with van der Waals surface area (Å²) in [5, 5.41) is 2.99. The summed E-state index contributed by atoms with van der Waals surface area (Å²) in [5.41, 5.74) is 0. The number of amides is 1. The van der Waals surface area contributed by atoms with Gasteiger partial charge >= 0.3 is 0 Å². The lowest BCUT2D eigenvalue weighted by Crippen LogP contribution is -2.50. The standard InChI is InChI=1S/C19H30N6O/c26-18-5-4-16(6-8-20-18)23-12-14-24(15-13-23)17-7-9-21-19(22-17)25-10-2-1-3-11-25/h7,9,16H,1-6,8,10-15H2,(H,20,26)/t16-/m0/s1. The zero-order valence-corrected chi connectivity index (χ0v) is 15.6. The third-order valence-electron chi connectivity index (χ3n) is 5.93. The largest absolute Gasteiger partial charge is 0.356 e. The summed E-state index contributed by atoms with van der Waals surface area (Å²) >= 11 is 0. The van der Waals surface area contributed by atoms with E-state index in [1.165, 1.54) is 19.3 Å². The molecule has 4 heterocycles. The maximum atomic E-state index is 11.6. The number of carbonyl (C=O) groups is 1. The van der Waals surface area contributed by atoms with Crippen molar-refractivity contribution in [1.82, 2.24) is 20.2 Å². The Morgan fingerprint density at radius 2 is 1.77 bits per heavy atom. The highest BCUT2D eigenvalue weighted by Gasteiger charge is 2.26. The van der Waals surface area contributed by atoms with Gasteiger partial charge in [0.15, 0.2) is 0 Å². The van der Waals surface area contributed by atoms with Gasteiger partial charge < -0.3 is 15.1 Å². The fourth-order valence-electron chi connectivity index (χ4n) is 4.35. The minimum atomic E-state index is 0.206. The van der Waals surface area contributed by atoms with Gasteiger partial charge in [0.1, 0.15) is 5.82 Å². The Morgan fingerprint density at radius 1 is 0.962 bits per heavy atom. The molecule has 1 amide bonds. The monoisotopic (exact) mass is 358 g/mol. The molecule has 0 saturated carbocycles. The molecule has 1 aromatic rings. The zero-order valence-electron chi connectivity index (χ0n) is 15.6. The second-order valence-electron chi connectivity index (χ2n) is 7.62. The number of nitrogens with one attached hydrogen (secondary N) is 1. The van der Waals surface area contributed by atoms with E-state index >= 15 is 0 Å². The smallest absolute Gasteiger partial charge is 0.227 e. The molecule has 142 valence electrons. The van der Waals surface area contributed by atoms with E-state index in [1.807, 2.05) is 12.3 Å². The number of piperazine rings is 1. The number of piperidine rings is 1. The lowest BCUT2D eigenvalue weighted by molar-refractivity contribution is -0.120. The van der Waals surface area contributed by atoms with Crippen LogP contribution in [0.15, 0.2) is 12.3 Å². The van der Waals surface area contributed by atoms with Gasteiger partial charge in [0.05, 0.1) is 0 Å². The van der Waals surface area contributed by atoms with Crippen molar-refractivity contribution in [2.45, 2.75) is 44.6 Å². The van der Waals surface area contributed by atoms with Crippen molar-refractivity contribution in [1.29, 1.82) is 0 Å². The predicted molar refractivity (Wildman–Crippen MR) is 103 cm³/mol. The first-order valence-electron chi connectivity index (χ1n) is 10.1. The van der Waals surface area contributed by atoms with E-state index in [0.717, 1.165) is 70.4 Å². The Kier molecular flexibility index (Phi) is 5.53. The molecule has 26 heavy (non-hydrogen) atoms. The highest BCUT2D eigenvalue weighted by molar-refractivity contribution is 5.76. The van der Waals surface area contributed by atoms with E-state index in [-0.39, 0.29) is 5.91 Å². The SMILES string of the molecule is O=C1CC[C@H](N2CCN(c3ccnc(N4CCCCC4)n3)CC2)CCN1. The van der Waals surface area contributed by atoms with Gasteiger partial charge in [-0.15, -0.1) is 0 Å². The van der Waals surface area contributed by atoms with Gasteiger partial charge in [0, 0.05) is 64.5 Å². The van der Waals surface area contributed by atoms with Crippen molar-refractivity contribution in [3.05, 3.63) is 12.3 Å². The average molecular weight is 358 g/mol. The molecule has 0 radical (unpaired) electrons. The number of aromatic nitrogens is 2. The maximum absolute atomic E-state index is 11.6. The van der Waals surface area contributed by atoms with Crippen LogP contribution in [0.25, 0.3) is 0 Å². The normalized spacial score (nSPS) is 25.7. The molecular formula is C19H30N6O. The molecular weight excluding hydrogens is 328 g/mol. The molecule has 3 fully saturated rings. The maximum Gasteiger partial charge on any atom is 0.227 e. The molecule has 1 N–H and O–H groups in total. The molecule has 1 aromatic heterocycles. The summed E-state index contributed by atoms with van der Waals surface area (Å²) < 4.78 is 0. The van der Waals surface area contributed by atoms with Crippen molar-refractivity contribution in [3.63, 3.8) is 0 Å². The van der Waals surface area contributed by atoms with Gasteiger partial charge in [0.2, 0.25) is 11.9 Å². The first kappa shape index (κ1) is 17.5. The Bertz CT molecular complexity index is 610. The number of anilines is 2. The molecule has 7 heteroatoms. The zero-order chi connectivity index (χ0) is 17.8. The van der Waals surface area contributed by atoms with Gasteiger partial charge in [-0.3, -0.25) is 9.69 Å². The number of carbonyl (C=O) groups excluding carboxylic acids is 1. The van der Waals surface area contributed by atoms with Crippen LogP contribution in [0.1, 0.15) is 38.5 Å². The quantitative estimate of drug-likeness (QED) is 0.878. The fourth-order valence-corrected chi connectivity index (χ4v) is 4.35. The Balaban J connectivity index is 1.35. The lowest BCUT2D eigenvalue weighted by Gasteiger charge is -2.39. The average Bonchev–Trinajstić information content (AvgIpc) is 2.93. The Labute approximate surface area is 155 Å². The van der Waals surface area contributed by atoms with Gasteiger partial charge in [-0.1, -0.05) is 0 Å². The summed E-state index contributed by atoms with van der Waals surface area (Å²) in [7, 11) is 0. The Morgan fingerprint density at radius 3 is 2.58 bits per heavy atom. The molecule has 0 aliphatic carbocycles. The molecule has 0 spiro atoms. The van der Waals surface area contributed by atoms with Crippen molar-refractivity contribution >= 4 is 17.7 Å². The van der Waals surface area contributed by atoms with Crippen LogP contribution >= 0.6 is 0 Å². The molecule has 3 aliphatic heterocycles. The highest BCUT2D eigenvalue weighted by atomic mass is 16.1. The topological polar surface area (TPSA) is 64.6 Å². The van der Waals surface area contributed by atoms with Gasteiger partial charge in [0.25, 0.3) is 0 Å². The first-order chi connectivity index (χ1) is 12.8. The van der Waals surface area contributed by atoms with E-state index in [1.54, 1.807) is 0 Å². The number of nitrogens with zero attached hydrogens (tertiary/aromatic N) is 5. The first-order valence-corrected chi connectivity index (χ1v) is 10.1. The molecule has 0 bridgehead atoms. The van der Waals surface area contributed by atoms with E-state index in [0.29, 0.717) is 12.5 Å². The number of hydrogen-bond acceptors (Lipinski definition) is 6. The molecule has 1 atom stereocenters. The van der Waals surface area contributed by atoms with E-state index < -0.39 is 0 Å². The third kappa shape index (κ3) is 4.09. The molecule has 0 unspecified atom stereocenters. The van der Waals surface area contributed by atoms with Crippen molar-refractivity contribution < 1.29 is 4.79 Å². The van der Waals surface area contributed by atoms with Crippen molar-refractivity contribution in [2.24, 2.45) is 0 Å². The molecule has 0 aromatic carbocycles. The Hall–Kier alpha value is -1.89. The third-order valence-corrected chi connectivity index (χ3v) is 5.93. The van der Waals surface area contributed by atoms with Crippen LogP contribution in [-0.2, 0) is 4.79 Å². The van der Waals surface area contributed by atoms with E-state index in [9.17, 15) is 4.79 Å². The molecule has 7 nitrogen and oxygen atoms in total. The van der Waals surface area contributed by atoms with Crippen LogP contribution in [-0.4, -0.2) is 72.6 Å². The summed E-state index contributed by atoms with van der Waals surface area (Å²) in [5.74, 6) is 2.15. The highest BCUT2D eigenvalue weighted by Crippen LogP contribution is 2.22. The fraction of sp³-hybridized carbons (Fsp3) is 0.737. The van der Waals surface area contributed by atoms with Crippen LogP contribution < -0.4 is 15.1 Å². The van der Waals surface area contributed by atoms with Gasteiger partial charge in [-0.25, -0.2) is 4.98 Å². The van der Waals surface area contributed by atoms with E-state index in [2.05, 4.69) is 25.0 Å². The molecule has 3 saturated heterocycles. The minimum Gasteiger partial charge on any atom is -0.356 e. The van der Waals surface area contributed by atoms with Gasteiger partial charge in [-0.05, 0) is 38.2 Å². The van der Waals surface area contributed by atoms with Crippen molar-refractivity contribution in [3.8, 4) is 0 Å². The summed E-state index contributed by atoms with van der Waals surface area (Å²) in [4.78, 5) is 28.2. The molecule has 3 aliphatic rings. The second-order valence-corrected chi connectivity index (χ2v) is 7.62. The predicted octanol–water partition coefficient (Wildman–Crippen LogP) is 1.26. The van der Waals surface area contributed by atoms with Crippen LogP contribution in [0.4, 0.5) is 11.8 Å². The van der Waals surface area contributed by atoms with Crippen LogP contribution in [0.2, 0.25) is 0 Å². The molecule has 4 rings (SSSR count). The second kappa shape index (κ2) is 8.20. The van der Waals surface area contributed by atoms with Crippen LogP contribution in [0.5, 0.6) is 0 Å². The number of hydrogen-bond donors (Lipinski definition) is 1. The number of rotatable bonds is 3. The minimum absolute atomic E-state index is 0.206. The van der Waals surface area contributed by atoms with Gasteiger partial charge in [-0.2, -0.15) is 4.98 Å². The summed E-state index contributed by atoms with van der Waals surface area (Å²) in [6.07, 6.45) is 8.42. The summed E-state index contributed by atoms with van der Waals surface area (Å²) in [6.45, 7) is 7.04. The van der Waals surface area contributed by atoms with Crippen molar-refractivity contribution in [2.75, 3.05) is 55.6 Å². The van der Waals surface area contributed by atoms with E-state index in [4.69, 9.17) is 4.98 Å². The van der Waals surface area contributed by atoms with Crippen LogP contribution in [0.3, 0.4) is 0 Å². The lowest BCUT2D eigenvalue weighted by atomic mass is 10.1.